The second-order valence-electron chi connectivity index (χ2n) is 4.24. The zero-order chi connectivity index (χ0) is 10.6. The van der Waals surface area contributed by atoms with Gasteiger partial charge < -0.3 is 14.7 Å². The van der Waals surface area contributed by atoms with Crippen LogP contribution in [0.5, 0.6) is 0 Å². The maximum Gasteiger partial charge on any atom is 0.223 e. The van der Waals surface area contributed by atoms with Gasteiger partial charge in [0.1, 0.15) is 0 Å². The molecule has 82 valence electrons. The maximum absolute atomic E-state index is 11.7. The summed E-state index contributed by atoms with van der Waals surface area (Å²) in [5.41, 5.74) is 0. The summed E-state index contributed by atoms with van der Waals surface area (Å²) in [6.45, 7) is 4.59. The molecule has 4 nitrogen and oxygen atoms in total. The minimum Gasteiger partial charge on any atom is -0.340 e. The third-order valence-corrected chi connectivity index (χ3v) is 2.63. The van der Waals surface area contributed by atoms with Crippen molar-refractivity contribution in [2.75, 3.05) is 53.9 Å². The van der Waals surface area contributed by atoms with Crippen LogP contribution in [0.2, 0.25) is 0 Å². The van der Waals surface area contributed by atoms with Crippen molar-refractivity contribution in [3.8, 4) is 0 Å². The predicted octanol–water partition coefficient (Wildman–Crippen LogP) is -0.288. The highest BCUT2D eigenvalue weighted by molar-refractivity contribution is 5.76. The lowest BCUT2D eigenvalue weighted by Gasteiger charge is -2.22. The van der Waals surface area contributed by atoms with Crippen LogP contribution in [-0.4, -0.2) is 74.5 Å². The average molecular weight is 199 g/mol. The molecule has 1 fully saturated rings. The smallest absolute Gasteiger partial charge is 0.223 e. The molecule has 0 aromatic heterocycles. The van der Waals surface area contributed by atoms with Crippen LogP contribution in [-0.2, 0) is 4.79 Å². The van der Waals surface area contributed by atoms with Crippen LogP contribution in [0.15, 0.2) is 0 Å². The van der Waals surface area contributed by atoms with E-state index in [-0.39, 0.29) is 0 Å². The summed E-state index contributed by atoms with van der Waals surface area (Å²) in [5.74, 6) is 0.302. The molecule has 1 amide bonds. The van der Waals surface area contributed by atoms with Gasteiger partial charge in [-0.05, 0) is 21.1 Å². The fraction of sp³-hybridized carbons (Fsp3) is 0.900. The third kappa shape index (κ3) is 3.64. The fourth-order valence-electron chi connectivity index (χ4n) is 1.53. The first-order chi connectivity index (χ1) is 6.59. The van der Waals surface area contributed by atoms with Gasteiger partial charge in [-0.15, -0.1) is 0 Å². The Hall–Kier alpha value is -0.610. The first kappa shape index (κ1) is 11.5. The molecule has 1 aliphatic rings. The lowest BCUT2D eigenvalue weighted by Crippen LogP contribution is -2.37. The molecule has 0 unspecified atom stereocenters. The van der Waals surface area contributed by atoms with Gasteiger partial charge in [0, 0.05) is 39.1 Å². The second-order valence-corrected chi connectivity index (χ2v) is 4.24. The molecule has 14 heavy (non-hydrogen) atoms. The SMILES string of the molecule is CN(C)CCN1CCN(C)CCC1=O. The molecule has 0 aromatic rings. The van der Waals surface area contributed by atoms with Gasteiger partial charge in [-0.25, -0.2) is 0 Å². The van der Waals surface area contributed by atoms with Crippen LogP contribution in [0.1, 0.15) is 6.42 Å². The average Bonchev–Trinajstić information content (AvgIpc) is 2.27. The first-order valence-corrected chi connectivity index (χ1v) is 5.20. The molecule has 0 saturated carbocycles. The minimum atomic E-state index is 0.302. The van der Waals surface area contributed by atoms with E-state index in [1.165, 1.54) is 0 Å². The highest BCUT2D eigenvalue weighted by atomic mass is 16.2. The fourth-order valence-corrected chi connectivity index (χ4v) is 1.53. The van der Waals surface area contributed by atoms with Crippen molar-refractivity contribution < 1.29 is 4.79 Å². The van der Waals surface area contributed by atoms with Crippen molar-refractivity contribution >= 4 is 5.91 Å². The van der Waals surface area contributed by atoms with Gasteiger partial charge in [-0.2, -0.15) is 0 Å². The summed E-state index contributed by atoms with van der Waals surface area (Å²) in [5, 5.41) is 0. The Balaban J connectivity index is 2.38. The van der Waals surface area contributed by atoms with Crippen LogP contribution in [0.3, 0.4) is 0 Å². The summed E-state index contributed by atoms with van der Waals surface area (Å²) in [6, 6.07) is 0. The standard InChI is InChI=1S/C10H21N3O/c1-11(2)6-8-13-9-7-12(3)5-4-10(13)14/h4-9H2,1-3H3. The number of carbonyl (C=O) groups excluding carboxylic acids is 1. The van der Waals surface area contributed by atoms with Crippen LogP contribution < -0.4 is 0 Å². The summed E-state index contributed by atoms with van der Waals surface area (Å²) < 4.78 is 0. The molecule has 0 aromatic carbocycles. The number of amides is 1. The van der Waals surface area contributed by atoms with Gasteiger partial charge in [0.05, 0.1) is 0 Å². The number of likely N-dealkylation sites (N-methyl/N-ethyl adjacent to an activating group) is 2. The normalized spacial score (nSPS) is 20.3. The Morgan fingerprint density at radius 1 is 1.29 bits per heavy atom. The maximum atomic E-state index is 11.7. The van der Waals surface area contributed by atoms with Crippen molar-refractivity contribution in [3.63, 3.8) is 0 Å². The molecule has 0 spiro atoms. The van der Waals surface area contributed by atoms with Crippen LogP contribution in [0.25, 0.3) is 0 Å². The molecular formula is C10H21N3O. The van der Waals surface area contributed by atoms with Crippen molar-refractivity contribution in [1.82, 2.24) is 14.7 Å². The highest BCUT2D eigenvalue weighted by Crippen LogP contribution is 2.02. The summed E-state index contributed by atoms with van der Waals surface area (Å²) in [7, 11) is 6.14. The van der Waals surface area contributed by atoms with E-state index in [9.17, 15) is 4.79 Å². The van der Waals surface area contributed by atoms with Crippen LogP contribution in [0.4, 0.5) is 0 Å². The molecule has 0 atom stereocenters. The Morgan fingerprint density at radius 2 is 2.00 bits per heavy atom. The lowest BCUT2D eigenvalue weighted by atomic mass is 10.3. The molecule has 0 radical (unpaired) electrons. The topological polar surface area (TPSA) is 26.8 Å². The van der Waals surface area contributed by atoms with Crippen LogP contribution >= 0.6 is 0 Å². The van der Waals surface area contributed by atoms with Gasteiger partial charge in [-0.3, -0.25) is 4.79 Å². The number of rotatable bonds is 3. The Morgan fingerprint density at radius 3 is 2.64 bits per heavy atom. The zero-order valence-electron chi connectivity index (χ0n) is 9.49. The van der Waals surface area contributed by atoms with E-state index in [4.69, 9.17) is 0 Å². The third-order valence-electron chi connectivity index (χ3n) is 2.63. The van der Waals surface area contributed by atoms with Gasteiger partial charge in [-0.1, -0.05) is 0 Å². The molecular weight excluding hydrogens is 178 g/mol. The van der Waals surface area contributed by atoms with Crippen molar-refractivity contribution in [2.45, 2.75) is 6.42 Å². The number of carbonyl (C=O) groups is 1. The largest absolute Gasteiger partial charge is 0.340 e. The van der Waals surface area contributed by atoms with Gasteiger partial charge in [0.2, 0.25) is 5.91 Å². The van der Waals surface area contributed by atoms with E-state index in [0.29, 0.717) is 12.3 Å². The number of hydrogen-bond donors (Lipinski definition) is 0. The molecule has 0 N–H and O–H groups in total. The summed E-state index contributed by atoms with van der Waals surface area (Å²) in [4.78, 5) is 18.0. The molecule has 1 aliphatic heterocycles. The summed E-state index contributed by atoms with van der Waals surface area (Å²) in [6.07, 6.45) is 0.671. The Kier molecular flexibility index (Phi) is 4.35. The highest BCUT2D eigenvalue weighted by Gasteiger charge is 2.18. The van der Waals surface area contributed by atoms with E-state index in [1.807, 2.05) is 19.0 Å². The zero-order valence-corrected chi connectivity index (χ0v) is 9.49. The lowest BCUT2D eigenvalue weighted by molar-refractivity contribution is -0.130. The molecule has 1 rings (SSSR count). The number of nitrogens with zero attached hydrogens (tertiary/aromatic N) is 3. The number of hydrogen-bond acceptors (Lipinski definition) is 3. The van der Waals surface area contributed by atoms with E-state index in [0.717, 1.165) is 32.7 Å². The van der Waals surface area contributed by atoms with E-state index >= 15 is 0 Å². The molecule has 4 heteroatoms. The molecule has 0 aliphatic carbocycles. The second kappa shape index (κ2) is 5.32. The van der Waals surface area contributed by atoms with Gasteiger partial charge >= 0.3 is 0 Å². The predicted molar refractivity (Wildman–Crippen MR) is 57.2 cm³/mol. The van der Waals surface area contributed by atoms with E-state index < -0.39 is 0 Å². The monoisotopic (exact) mass is 199 g/mol. The Labute approximate surface area is 86.5 Å². The quantitative estimate of drug-likeness (QED) is 0.625. The summed E-state index contributed by atoms with van der Waals surface area (Å²) >= 11 is 0. The van der Waals surface area contributed by atoms with Crippen molar-refractivity contribution in [3.05, 3.63) is 0 Å². The van der Waals surface area contributed by atoms with Crippen molar-refractivity contribution in [1.29, 1.82) is 0 Å². The van der Waals surface area contributed by atoms with Crippen molar-refractivity contribution in [2.24, 2.45) is 0 Å². The van der Waals surface area contributed by atoms with Gasteiger partial charge in [0.25, 0.3) is 0 Å². The molecule has 1 heterocycles. The first-order valence-electron chi connectivity index (χ1n) is 5.20. The Bertz CT molecular complexity index is 194. The molecule has 1 saturated heterocycles. The van der Waals surface area contributed by atoms with Gasteiger partial charge in [0.15, 0.2) is 0 Å². The van der Waals surface area contributed by atoms with E-state index in [1.54, 1.807) is 0 Å². The minimum absolute atomic E-state index is 0.302. The van der Waals surface area contributed by atoms with E-state index in [2.05, 4.69) is 16.8 Å². The van der Waals surface area contributed by atoms with Crippen LogP contribution in [0, 0.1) is 0 Å². The molecule has 0 bridgehead atoms.